The van der Waals surface area contributed by atoms with Crippen LogP contribution < -0.4 is 0 Å². The third-order valence-electron chi connectivity index (χ3n) is 8.62. The predicted molar refractivity (Wildman–Crippen MR) is 175 cm³/mol. The molecule has 0 unspecified atom stereocenters. The third kappa shape index (κ3) is 3.30. The lowest BCUT2D eigenvalue weighted by Gasteiger charge is -2.17. The molecule has 0 saturated heterocycles. The maximum atomic E-state index is 6.51. The summed E-state index contributed by atoms with van der Waals surface area (Å²) in [5, 5.41) is 12.3. The maximum absolute atomic E-state index is 6.51. The van der Waals surface area contributed by atoms with Gasteiger partial charge < -0.3 is 4.42 Å². The Morgan fingerprint density at radius 2 is 1.02 bits per heavy atom. The van der Waals surface area contributed by atoms with Crippen LogP contribution in [-0.4, -0.2) is 0 Å². The Labute approximate surface area is 236 Å². The van der Waals surface area contributed by atoms with E-state index in [2.05, 4.69) is 146 Å². The second-order valence-corrected chi connectivity index (χ2v) is 10.9. The maximum Gasteiger partial charge on any atom is 0.136 e. The lowest BCUT2D eigenvalue weighted by Crippen LogP contribution is -1.90. The molecule has 0 fully saturated rings. The van der Waals surface area contributed by atoms with Crippen LogP contribution in [0.5, 0.6) is 0 Å². The Kier molecular flexibility index (Phi) is 4.67. The summed E-state index contributed by atoms with van der Waals surface area (Å²) in [4.78, 5) is 0. The van der Waals surface area contributed by atoms with E-state index < -0.39 is 0 Å². The summed E-state index contributed by atoms with van der Waals surface area (Å²) >= 11 is 0. The minimum atomic E-state index is 0.915. The molecule has 0 saturated carbocycles. The van der Waals surface area contributed by atoms with E-state index in [0.29, 0.717) is 0 Å². The Bertz CT molecular complexity index is 2460. The highest BCUT2D eigenvalue weighted by molar-refractivity contribution is 6.26. The fraction of sp³-hybridized carbons (Fsp3) is 0. The van der Waals surface area contributed by atoms with Crippen LogP contribution >= 0.6 is 0 Å². The lowest BCUT2D eigenvalue weighted by atomic mass is 9.86. The highest BCUT2D eigenvalue weighted by Gasteiger charge is 2.19. The molecule has 0 atom stereocenters. The minimum absolute atomic E-state index is 0.915. The molecule has 0 aliphatic rings. The number of hydrogen-bond donors (Lipinski definition) is 0. The summed E-state index contributed by atoms with van der Waals surface area (Å²) in [6.07, 6.45) is 0. The molecule has 0 aliphatic heterocycles. The van der Waals surface area contributed by atoms with Gasteiger partial charge in [-0.25, -0.2) is 0 Å². The van der Waals surface area contributed by atoms with Gasteiger partial charge in [-0.2, -0.15) is 0 Å². The molecule has 41 heavy (non-hydrogen) atoms. The Morgan fingerprint density at radius 3 is 1.90 bits per heavy atom. The first-order valence-corrected chi connectivity index (χ1v) is 14.1. The van der Waals surface area contributed by atoms with Crippen molar-refractivity contribution in [2.24, 2.45) is 0 Å². The summed E-state index contributed by atoms with van der Waals surface area (Å²) in [7, 11) is 0. The first-order chi connectivity index (χ1) is 20.3. The quantitative estimate of drug-likeness (QED) is 0.163. The van der Waals surface area contributed by atoms with Crippen LogP contribution in [0.2, 0.25) is 0 Å². The van der Waals surface area contributed by atoms with Crippen molar-refractivity contribution < 1.29 is 4.42 Å². The topological polar surface area (TPSA) is 13.1 Å². The fourth-order valence-corrected chi connectivity index (χ4v) is 6.78. The van der Waals surface area contributed by atoms with Gasteiger partial charge in [0.05, 0.1) is 0 Å². The highest BCUT2D eigenvalue weighted by Crippen LogP contribution is 2.46. The lowest BCUT2D eigenvalue weighted by molar-refractivity contribution is 0.669. The number of fused-ring (bicyclic) bond motifs is 8. The molecule has 190 valence electrons. The van der Waals surface area contributed by atoms with E-state index in [1.807, 2.05) is 0 Å². The minimum Gasteiger partial charge on any atom is -0.456 e. The predicted octanol–water partition coefficient (Wildman–Crippen LogP) is 11.5. The number of hydrogen-bond acceptors (Lipinski definition) is 1. The van der Waals surface area contributed by atoms with Crippen molar-refractivity contribution in [2.45, 2.75) is 0 Å². The molecular formula is C40H24O. The molecule has 8 aromatic carbocycles. The normalized spacial score (nSPS) is 11.9. The summed E-state index contributed by atoms with van der Waals surface area (Å²) in [6, 6.07) is 52.6. The SMILES string of the molecule is c1ccc(-c2cccc3c(-c4cccc5oc6cc7ccccc7cc6c45)c4ccc5ccccc5c4cc23)cc1. The van der Waals surface area contributed by atoms with Crippen molar-refractivity contribution in [3.8, 4) is 22.3 Å². The number of benzene rings is 8. The van der Waals surface area contributed by atoms with E-state index in [9.17, 15) is 0 Å². The van der Waals surface area contributed by atoms with Gasteiger partial charge in [0.15, 0.2) is 0 Å². The number of furan rings is 1. The van der Waals surface area contributed by atoms with Gasteiger partial charge in [0.1, 0.15) is 11.2 Å². The van der Waals surface area contributed by atoms with Crippen LogP contribution in [-0.2, 0) is 0 Å². The Hall–Kier alpha value is -5.40. The van der Waals surface area contributed by atoms with Crippen molar-refractivity contribution in [3.63, 3.8) is 0 Å². The van der Waals surface area contributed by atoms with E-state index in [-0.39, 0.29) is 0 Å². The van der Waals surface area contributed by atoms with Crippen molar-refractivity contribution in [1.29, 1.82) is 0 Å². The van der Waals surface area contributed by atoms with Gasteiger partial charge >= 0.3 is 0 Å². The molecule has 1 heterocycles. The van der Waals surface area contributed by atoms with Gasteiger partial charge in [0.2, 0.25) is 0 Å². The fourth-order valence-electron chi connectivity index (χ4n) is 6.78. The van der Waals surface area contributed by atoms with Gasteiger partial charge in [-0.3, -0.25) is 0 Å². The van der Waals surface area contributed by atoms with E-state index in [4.69, 9.17) is 4.42 Å². The largest absolute Gasteiger partial charge is 0.456 e. The summed E-state index contributed by atoms with van der Waals surface area (Å²) < 4.78 is 6.51. The van der Waals surface area contributed by atoms with Crippen LogP contribution in [0.3, 0.4) is 0 Å². The summed E-state index contributed by atoms with van der Waals surface area (Å²) in [5.74, 6) is 0. The van der Waals surface area contributed by atoms with Crippen molar-refractivity contribution >= 4 is 65.0 Å². The molecule has 1 nitrogen and oxygen atoms in total. The number of rotatable bonds is 2. The van der Waals surface area contributed by atoms with Crippen LogP contribution in [0.1, 0.15) is 0 Å². The Morgan fingerprint density at radius 1 is 0.341 bits per heavy atom. The highest BCUT2D eigenvalue weighted by atomic mass is 16.3. The molecule has 1 aromatic heterocycles. The molecule has 1 heteroatoms. The van der Waals surface area contributed by atoms with Gasteiger partial charge in [-0.1, -0.05) is 121 Å². The van der Waals surface area contributed by atoms with Gasteiger partial charge in [-0.05, 0) is 89.6 Å². The monoisotopic (exact) mass is 520 g/mol. The van der Waals surface area contributed by atoms with Crippen LogP contribution in [0.15, 0.2) is 150 Å². The van der Waals surface area contributed by atoms with E-state index in [0.717, 1.165) is 16.6 Å². The second kappa shape index (κ2) is 8.55. The second-order valence-electron chi connectivity index (χ2n) is 10.9. The van der Waals surface area contributed by atoms with Gasteiger partial charge in [0.25, 0.3) is 0 Å². The zero-order valence-electron chi connectivity index (χ0n) is 22.3. The molecular weight excluding hydrogens is 496 g/mol. The Balaban J connectivity index is 1.49. The zero-order chi connectivity index (χ0) is 26.9. The summed E-state index contributed by atoms with van der Waals surface area (Å²) in [5.41, 5.74) is 6.76. The van der Waals surface area contributed by atoms with E-state index in [1.165, 1.54) is 70.7 Å². The van der Waals surface area contributed by atoms with Gasteiger partial charge in [-0.15, -0.1) is 0 Å². The van der Waals surface area contributed by atoms with Crippen molar-refractivity contribution in [2.75, 3.05) is 0 Å². The van der Waals surface area contributed by atoms with Crippen molar-refractivity contribution in [1.82, 2.24) is 0 Å². The van der Waals surface area contributed by atoms with E-state index in [1.54, 1.807) is 0 Å². The van der Waals surface area contributed by atoms with E-state index >= 15 is 0 Å². The molecule has 9 aromatic rings. The zero-order valence-corrected chi connectivity index (χ0v) is 22.3. The first-order valence-electron chi connectivity index (χ1n) is 14.1. The van der Waals surface area contributed by atoms with Crippen LogP contribution in [0.4, 0.5) is 0 Å². The average Bonchev–Trinajstić information content (AvgIpc) is 3.40. The first kappa shape index (κ1) is 22.4. The molecule has 0 aliphatic carbocycles. The van der Waals surface area contributed by atoms with Gasteiger partial charge in [0, 0.05) is 10.8 Å². The molecule has 0 N–H and O–H groups in total. The molecule has 0 bridgehead atoms. The average molecular weight is 521 g/mol. The molecule has 9 rings (SSSR count). The van der Waals surface area contributed by atoms with Crippen molar-refractivity contribution in [3.05, 3.63) is 146 Å². The summed E-state index contributed by atoms with van der Waals surface area (Å²) in [6.45, 7) is 0. The third-order valence-corrected chi connectivity index (χ3v) is 8.62. The van der Waals surface area contributed by atoms with Crippen LogP contribution in [0, 0.1) is 0 Å². The van der Waals surface area contributed by atoms with Crippen LogP contribution in [0.25, 0.3) is 87.3 Å². The molecule has 0 radical (unpaired) electrons. The smallest absolute Gasteiger partial charge is 0.136 e. The standard InChI is InChI=1S/C40H24O/c1-2-10-25(11-3-1)30-16-8-17-31-34(30)24-35-29-15-7-6-12-26(29)20-21-32(35)39(31)33-18-9-19-37-40(33)36-22-27-13-4-5-14-28(27)23-38(36)41-37/h1-24H. The molecule has 0 spiro atoms. The molecule has 0 amide bonds.